The number of piperazine rings is 1. The standard InChI is InChI=1S/C35H36F3N7O2/c1-2-42-11-13-43(14-12-42)20-26-4-3-24(15-30(26)35(36,37)38)16-34(46)44-10-8-25-5-6-29(17-27(25)21-44)47-33-7-9-41-45-22-28(18-32(33)45)31-19-39-23-40-31/h3-7,9,15,17-19,22-23H,2,8,10-14,16,20-21H2,1H3,(H,39,40). The van der Waals surface area contributed by atoms with Crippen LogP contribution in [-0.2, 0) is 36.9 Å². The molecule has 0 atom stereocenters. The van der Waals surface area contributed by atoms with Crippen molar-refractivity contribution in [3.05, 3.63) is 101 Å². The lowest BCUT2D eigenvalue weighted by atomic mass is 9.97. The number of fused-ring (bicyclic) bond motifs is 2. The largest absolute Gasteiger partial charge is 0.455 e. The summed E-state index contributed by atoms with van der Waals surface area (Å²) in [6.07, 6.45) is 3.00. The number of H-pyrrole nitrogens is 1. The Morgan fingerprint density at radius 2 is 1.81 bits per heavy atom. The van der Waals surface area contributed by atoms with Crippen LogP contribution in [0.2, 0.25) is 0 Å². The number of aromatic amines is 1. The van der Waals surface area contributed by atoms with Crippen LogP contribution in [0.25, 0.3) is 16.8 Å². The zero-order chi connectivity index (χ0) is 32.5. The molecule has 1 amide bonds. The number of amides is 1. The normalized spacial score (nSPS) is 16.0. The van der Waals surface area contributed by atoms with Crippen molar-refractivity contribution in [2.24, 2.45) is 0 Å². The highest BCUT2D eigenvalue weighted by atomic mass is 19.4. The van der Waals surface area contributed by atoms with E-state index in [1.54, 1.807) is 46.3 Å². The monoisotopic (exact) mass is 643 g/mol. The molecule has 0 radical (unpaired) electrons. The van der Waals surface area contributed by atoms with Gasteiger partial charge in [-0.2, -0.15) is 18.3 Å². The SMILES string of the molecule is CCN1CCN(Cc2ccc(CC(=O)N3CCc4ccc(Oc5ccnn6cc(-c7cnc[nH]7)cc56)cc4C3)cc2C(F)(F)F)CC1. The minimum absolute atomic E-state index is 0.0913. The van der Waals surface area contributed by atoms with Gasteiger partial charge in [0.15, 0.2) is 5.75 Å². The first-order valence-corrected chi connectivity index (χ1v) is 15.9. The summed E-state index contributed by atoms with van der Waals surface area (Å²) in [7, 11) is 0. The van der Waals surface area contributed by atoms with Crippen molar-refractivity contribution >= 4 is 11.4 Å². The third-order valence-electron chi connectivity index (χ3n) is 9.19. The van der Waals surface area contributed by atoms with Crippen LogP contribution in [0.15, 0.2) is 73.4 Å². The first kappa shape index (κ1) is 30.9. The number of carbonyl (C=O) groups is 1. The molecule has 3 aromatic heterocycles. The van der Waals surface area contributed by atoms with Crippen LogP contribution in [-0.4, -0.2) is 79.5 Å². The van der Waals surface area contributed by atoms with Gasteiger partial charge in [0.05, 0.1) is 36.4 Å². The summed E-state index contributed by atoms with van der Waals surface area (Å²) in [5.74, 6) is 1.05. The van der Waals surface area contributed by atoms with Gasteiger partial charge in [0, 0.05) is 63.6 Å². The highest BCUT2D eigenvalue weighted by molar-refractivity contribution is 5.79. The molecule has 1 N–H and O–H groups in total. The van der Waals surface area contributed by atoms with Gasteiger partial charge in [0.1, 0.15) is 11.3 Å². The molecule has 5 aromatic rings. The average molecular weight is 644 g/mol. The molecule has 5 heterocycles. The van der Waals surface area contributed by atoms with E-state index in [4.69, 9.17) is 4.74 Å². The highest BCUT2D eigenvalue weighted by Crippen LogP contribution is 2.35. The van der Waals surface area contributed by atoms with Crippen LogP contribution in [0.1, 0.15) is 34.7 Å². The van der Waals surface area contributed by atoms with Crippen molar-refractivity contribution in [3.63, 3.8) is 0 Å². The van der Waals surface area contributed by atoms with Crippen LogP contribution in [0.5, 0.6) is 11.5 Å². The molecule has 0 spiro atoms. The fraction of sp³-hybridized carbons (Fsp3) is 0.343. The van der Waals surface area contributed by atoms with Gasteiger partial charge in [-0.05, 0) is 59.5 Å². The number of rotatable bonds is 8. The van der Waals surface area contributed by atoms with Crippen molar-refractivity contribution < 1.29 is 22.7 Å². The smallest absolute Gasteiger partial charge is 0.416 e. The summed E-state index contributed by atoms with van der Waals surface area (Å²) in [5, 5.41) is 4.40. The Kier molecular flexibility index (Phi) is 8.46. The summed E-state index contributed by atoms with van der Waals surface area (Å²) in [4.78, 5) is 26.7. The third kappa shape index (κ3) is 6.75. The van der Waals surface area contributed by atoms with E-state index in [0.717, 1.165) is 66.7 Å². The number of ether oxygens (including phenoxy) is 1. The van der Waals surface area contributed by atoms with Gasteiger partial charge in [-0.1, -0.05) is 25.1 Å². The first-order chi connectivity index (χ1) is 22.7. The van der Waals surface area contributed by atoms with Gasteiger partial charge in [0.2, 0.25) is 5.91 Å². The summed E-state index contributed by atoms with van der Waals surface area (Å²) < 4.78 is 50.5. The van der Waals surface area contributed by atoms with Gasteiger partial charge in [-0.15, -0.1) is 0 Å². The predicted molar refractivity (Wildman–Crippen MR) is 171 cm³/mol. The molecule has 12 heteroatoms. The molecule has 7 rings (SSSR count). The fourth-order valence-corrected chi connectivity index (χ4v) is 6.50. The Balaban J connectivity index is 1.04. The second-order valence-corrected chi connectivity index (χ2v) is 12.2. The molecular weight excluding hydrogens is 607 g/mol. The Hall–Kier alpha value is -4.68. The first-order valence-electron chi connectivity index (χ1n) is 15.9. The van der Waals surface area contributed by atoms with Crippen molar-refractivity contribution in [1.29, 1.82) is 0 Å². The maximum absolute atomic E-state index is 14.2. The van der Waals surface area contributed by atoms with E-state index < -0.39 is 11.7 Å². The van der Waals surface area contributed by atoms with Crippen LogP contribution < -0.4 is 4.74 Å². The summed E-state index contributed by atoms with van der Waals surface area (Å²) in [6, 6.07) is 14.0. The maximum Gasteiger partial charge on any atom is 0.416 e. The topological polar surface area (TPSA) is 82.0 Å². The number of alkyl halides is 3. The lowest BCUT2D eigenvalue weighted by Crippen LogP contribution is -2.45. The molecule has 1 saturated heterocycles. The molecule has 47 heavy (non-hydrogen) atoms. The van der Waals surface area contributed by atoms with E-state index in [2.05, 4.69) is 31.8 Å². The molecule has 9 nitrogen and oxygen atoms in total. The number of imidazole rings is 1. The Morgan fingerprint density at radius 3 is 2.57 bits per heavy atom. The fourth-order valence-electron chi connectivity index (χ4n) is 6.50. The molecule has 0 bridgehead atoms. The van der Waals surface area contributed by atoms with E-state index in [9.17, 15) is 18.0 Å². The van der Waals surface area contributed by atoms with E-state index in [0.29, 0.717) is 36.6 Å². The molecular formula is C35H36F3N7O2. The maximum atomic E-state index is 14.2. The third-order valence-corrected chi connectivity index (χ3v) is 9.19. The Labute approximate surface area is 270 Å². The zero-order valence-electron chi connectivity index (χ0n) is 26.1. The molecule has 0 aliphatic carbocycles. The zero-order valence-corrected chi connectivity index (χ0v) is 26.1. The summed E-state index contributed by atoms with van der Waals surface area (Å²) in [6.45, 7) is 7.33. The number of nitrogens with one attached hydrogen (secondary N) is 1. The number of aromatic nitrogens is 4. The number of nitrogens with zero attached hydrogens (tertiary/aromatic N) is 6. The predicted octanol–water partition coefficient (Wildman–Crippen LogP) is 5.80. The molecule has 2 aromatic carbocycles. The quantitative estimate of drug-likeness (QED) is 0.230. The molecule has 0 unspecified atom stereocenters. The number of hydrogen-bond acceptors (Lipinski definition) is 6. The summed E-state index contributed by atoms with van der Waals surface area (Å²) in [5.41, 5.74) is 4.62. The van der Waals surface area contributed by atoms with Crippen molar-refractivity contribution in [2.75, 3.05) is 39.3 Å². The molecule has 244 valence electrons. The number of hydrogen-bond donors (Lipinski definition) is 1. The Morgan fingerprint density at radius 1 is 0.979 bits per heavy atom. The van der Waals surface area contributed by atoms with E-state index >= 15 is 0 Å². The lowest BCUT2D eigenvalue weighted by molar-refractivity contribution is -0.138. The second kappa shape index (κ2) is 12.8. The Bertz CT molecular complexity index is 1880. The molecule has 2 aliphatic heterocycles. The minimum Gasteiger partial charge on any atom is -0.455 e. The van der Waals surface area contributed by atoms with Gasteiger partial charge >= 0.3 is 6.18 Å². The molecule has 1 fully saturated rings. The lowest BCUT2D eigenvalue weighted by Gasteiger charge is -2.34. The van der Waals surface area contributed by atoms with Gasteiger partial charge < -0.3 is 19.5 Å². The van der Waals surface area contributed by atoms with E-state index in [1.807, 2.05) is 30.5 Å². The van der Waals surface area contributed by atoms with E-state index in [-0.39, 0.29) is 24.4 Å². The van der Waals surface area contributed by atoms with E-state index in [1.165, 1.54) is 0 Å². The number of likely N-dealkylation sites (N-methyl/N-ethyl adjacent to an activating group) is 1. The van der Waals surface area contributed by atoms with Crippen LogP contribution in [0, 0.1) is 0 Å². The number of halogens is 3. The van der Waals surface area contributed by atoms with Crippen molar-refractivity contribution in [3.8, 4) is 22.8 Å². The highest BCUT2D eigenvalue weighted by Gasteiger charge is 2.34. The summed E-state index contributed by atoms with van der Waals surface area (Å²) >= 11 is 0. The van der Waals surface area contributed by atoms with Gasteiger partial charge in [-0.3, -0.25) is 9.69 Å². The molecule has 0 saturated carbocycles. The number of benzene rings is 2. The average Bonchev–Trinajstić information content (AvgIpc) is 3.76. The van der Waals surface area contributed by atoms with Crippen LogP contribution in [0.4, 0.5) is 13.2 Å². The molecule has 2 aliphatic rings. The van der Waals surface area contributed by atoms with Gasteiger partial charge in [-0.25, -0.2) is 9.50 Å². The number of carbonyl (C=O) groups excluding carboxylic acids is 1. The van der Waals surface area contributed by atoms with Crippen LogP contribution in [0.3, 0.4) is 0 Å². The van der Waals surface area contributed by atoms with Crippen molar-refractivity contribution in [1.82, 2.24) is 34.3 Å². The second-order valence-electron chi connectivity index (χ2n) is 12.2. The van der Waals surface area contributed by atoms with Crippen molar-refractivity contribution in [2.45, 2.75) is 39.0 Å². The minimum atomic E-state index is -4.50. The van der Waals surface area contributed by atoms with Crippen LogP contribution >= 0.6 is 0 Å². The van der Waals surface area contributed by atoms with Gasteiger partial charge in [0.25, 0.3) is 0 Å².